The third-order valence-electron chi connectivity index (χ3n) is 4.52. The van der Waals surface area contributed by atoms with E-state index in [1.54, 1.807) is 12.4 Å². The van der Waals surface area contributed by atoms with Gasteiger partial charge in [-0.3, -0.25) is 14.8 Å². The molecule has 1 aliphatic carbocycles. The van der Waals surface area contributed by atoms with Gasteiger partial charge in [-0.05, 0) is 61.0 Å². The lowest BCUT2D eigenvalue weighted by molar-refractivity contribution is -0.141. The van der Waals surface area contributed by atoms with Gasteiger partial charge in [-0.2, -0.15) is 17.5 Å². The molecule has 0 aliphatic heterocycles. The zero-order chi connectivity index (χ0) is 19.9. The van der Waals surface area contributed by atoms with Crippen LogP contribution in [0, 0.1) is 6.92 Å². The number of carbonyl (C=O) groups is 1. The van der Waals surface area contributed by atoms with Crippen LogP contribution in [0.15, 0.2) is 36.8 Å². The van der Waals surface area contributed by atoms with Crippen molar-refractivity contribution >= 4 is 23.1 Å². The number of hydrogen-bond donors (Lipinski definition) is 1. The number of amides is 1. The Balaban J connectivity index is 1.67. The highest BCUT2D eigenvalue weighted by atomic mass is 32.1. The molecular formula is C19H15F3N4OS. The SMILES string of the molecule is Cc1ccncc1-c1nsc(C(=O)Nc2ccnc(C(F)(F)F)c2)c1C1CC1. The second-order valence-corrected chi connectivity index (χ2v) is 7.39. The second kappa shape index (κ2) is 6.97. The fourth-order valence-electron chi connectivity index (χ4n) is 2.97. The number of pyridine rings is 2. The molecule has 0 saturated heterocycles. The van der Waals surface area contributed by atoms with Gasteiger partial charge in [-0.25, -0.2) is 0 Å². The van der Waals surface area contributed by atoms with E-state index < -0.39 is 17.8 Å². The van der Waals surface area contributed by atoms with E-state index in [0.29, 0.717) is 4.88 Å². The molecule has 3 aromatic rings. The van der Waals surface area contributed by atoms with Crippen molar-refractivity contribution in [2.45, 2.75) is 31.9 Å². The lowest BCUT2D eigenvalue weighted by Crippen LogP contribution is -2.14. The number of halogens is 3. The van der Waals surface area contributed by atoms with Gasteiger partial charge in [0.1, 0.15) is 10.6 Å². The number of aryl methyl sites for hydroxylation is 1. The summed E-state index contributed by atoms with van der Waals surface area (Å²) in [7, 11) is 0. The minimum Gasteiger partial charge on any atom is -0.321 e. The normalized spacial score (nSPS) is 14.1. The number of rotatable bonds is 4. The quantitative estimate of drug-likeness (QED) is 0.660. The van der Waals surface area contributed by atoms with Crippen LogP contribution in [0.4, 0.5) is 18.9 Å². The molecule has 0 atom stereocenters. The first kappa shape index (κ1) is 18.5. The average Bonchev–Trinajstić information content (AvgIpc) is 3.40. The fourth-order valence-corrected chi connectivity index (χ4v) is 3.84. The first-order valence-electron chi connectivity index (χ1n) is 8.59. The Morgan fingerprint density at radius 1 is 1.25 bits per heavy atom. The van der Waals surface area contributed by atoms with Crippen molar-refractivity contribution in [3.8, 4) is 11.3 Å². The van der Waals surface area contributed by atoms with Crippen LogP contribution in [-0.2, 0) is 6.18 Å². The van der Waals surface area contributed by atoms with Gasteiger partial charge in [0.25, 0.3) is 5.91 Å². The smallest absolute Gasteiger partial charge is 0.321 e. The third-order valence-corrected chi connectivity index (χ3v) is 5.38. The van der Waals surface area contributed by atoms with E-state index in [9.17, 15) is 18.0 Å². The Hall–Kier alpha value is -2.81. The number of carbonyl (C=O) groups excluding carboxylic acids is 1. The first-order chi connectivity index (χ1) is 13.3. The van der Waals surface area contributed by atoms with Gasteiger partial charge in [0.05, 0.1) is 5.69 Å². The molecule has 1 saturated carbocycles. The van der Waals surface area contributed by atoms with Gasteiger partial charge in [0.15, 0.2) is 0 Å². The van der Waals surface area contributed by atoms with E-state index in [1.165, 1.54) is 6.07 Å². The van der Waals surface area contributed by atoms with Crippen LogP contribution in [0.1, 0.15) is 45.3 Å². The highest BCUT2D eigenvalue weighted by molar-refractivity contribution is 7.08. The van der Waals surface area contributed by atoms with Crippen molar-refractivity contribution in [2.75, 3.05) is 5.32 Å². The number of nitrogens with zero attached hydrogens (tertiary/aromatic N) is 3. The summed E-state index contributed by atoms with van der Waals surface area (Å²) in [5.41, 5.74) is 2.43. The van der Waals surface area contributed by atoms with E-state index in [0.717, 1.165) is 59.0 Å². The lowest BCUT2D eigenvalue weighted by Gasteiger charge is -2.10. The topological polar surface area (TPSA) is 67.8 Å². The molecule has 1 N–H and O–H groups in total. The molecule has 0 aromatic carbocycles. The minimum atomic E-state index is -4.57. The standard InChI is InChI=1S/C19H15F3N4OS/c1-10-4-6-23-9-13(10)16-15(11-2-3-11)17(28-26-16)18(27)25-12-5-7-24-14(8-12)19(20,21)22/h4-9,11H,2-3H2,1H3,(H,24,25,27). The van der Waals surface area contributed by atoms with Crippen LogP contribution in [0.5, 0.6) is 0 Å². The summed E-state index contributed by atoms with van der Waals surface area (Å²) in [5.74, 6) is -0.233. The van der Waals surface area contributed by atoms with E-state index in [4.69, 9.17) is 0 Å². The predicted octanol–water partition coefficient (Wildman–Crippen LogP) is 5.06. The average molecular weight is 404 g/mol. The monoisotopic (exact) mass is 404 g/mol. The molecular weight excluding hydrogens is 389 g/mol. The summed E-state index contributed by atoms with van der Waals surface area (Å²) in [6.07, 6.45) is 1.78. The number of nitrogens with one attached hydrogen (secondary N) is 1. The van der Waals surface area contributed by atoms with Gasteiger partial charge >= 0.3 is 6.18 Å². The molecule has 3 aromatic heterocycles. The molecule has 0 radical (unpaired) electrons. The lowest BCUT2D eigenvalue weighted by atomic mass is 10.0. The van der Waals surface area contributed by atoms with Crippen LogP contribution in [0.2, 0.25) is 0 Å². The summed E-state index contributed by atoms with van der Waals surface area (Å²) in [5, 5.41) is 2.55. The Kier molecular flexibility index (Phi) is 4.62. The van der Waals surface area contributed by atoms with Crippen molar-refractivity contribution in [3.05, 3.63) is 58.5 Å². The van der Waals surface area contributed by atoms with Crippen molar-refractivity contribution in [2.24, 2.45) is 0 Å². The molecule has 144 valence electrons. The maximum Gasteiger partial charge on any atom is 0.433 e. The van der Waals surface area contributed by atoms with Gasteiger partial charge in [0, 0.05) is 35.4 Å². The van der Waals surface area contributed by atoms with E-state index in [2.05, 4.69) is 19.7 Å². The predicted molar refractivity (Wildman–Crippen MR) is 99.2 cm³/mol. The molecule has 28 heavy (non-hydrogen) atoms. The van der Waals surface area contributed by atoms with Crippen LogP contribution in [0.25, 0.3) is 11.3 Å². The van der Waals surface area contributed by atoms with Crippen molar-refractivity contribution in [3.63, 3.8) is 0 Å². The molecule has 0 spiro atoms. The second-order valence-electron chi connectivity index (χ2n) is 6.62. The van der Waals surface area contributed by atoms with Crippen molar-refractivity contribution in [1.29, 1.82) is 0 Å². The van der Waals surface area contributed by atoms with Gasteiger partial charge in [0.2, 0.25) is 0 Å². The van der Waals surface area contributed by atoms with Crippen LogP contribution in [0.3, 0.4) is 0 Å². The molecule has 1 fully saturated rings. The van der Waals surface area contributed by atoms with E-state index in [1.807, 2.05) is 13.0 Å². The Labute approximate surface area is 162 Å². The van der Waals surface area contributed by atoms with E-state index >= 15 is 0 Å². The van der Waals surface area contributed by atoms with Crippen molar-refractivity contribution in [1.82, 2.24) is 14.3 Å². The molecule has 4 rings (SSSR count). The molecule has 0 bridgehead atoms. The summed E-state index contributed by atoms with van der Waals surface area (Å²) in [6.45, 7) is 1.95. The number of aromatic nitrogens is 3. The summed E-state index contributed by atoms with van der Waals surface area (Å²) < 4.78 is 43.0. The Morgan fingerprint density at radius 3 is 2.71 bits per heavy atom. The summed E-state index contributed by atoms with van der Waals surface area (Å²) in [4.78, 5) is 20.7. The largest absolute Gasteiger partial charge is 0.433 e. The highest BCUT2D eigenvalue weighted by Crippen LogP contribution is 2.47. The van der Waals surface area contributed by atoms with Crippen molar-refractivity contribution < 1.29 is 18.0 Å². The Bertz CT molecular complexity index is 1040. The number of alkyl halides is 3. The fraction of sp³-hybridized carbons (Fsp3) is 0.263. The number of hydrogen-bond acceptors (Lipinski definition) is 5. The van der Waals surface area contributed by atoms with Crippen LogP contribution < -0.4 is 5.32 Å². The van der Waals surface area contributed by atoms with Crippen LogP contribution in [-0.4, -0.2) is 20.2 Å². The maximum atomic E-state index is 12.8. The maximum absolute atomic E-state index is 12.8. The first-order valence-corrected chi connectivity index (χ1v) is 9.37. The minimum absolute atomic E-state index is 0.0431. The van der Waals surface area contributed by atoms with E-state index in [-0.39, 0.29) is 11.6 Å². The summed E-state index contributed by atoms with van der Waals surface area (Å²) >= 11 is 1.06. The molecule has 3 heterocycles. The van der Waals surface area contributed by atoms with Gasteiger partial charge in [-0.15, -0.1) is 0 Å². The highest BCUT2D eigenvalue weighted by Gasteiger charge is 2.35. The Morgan fingerprint density at radius 2 is 2.04 bits per heavy atom. The summed E-state index contributed by atoms with van der Waals surface area (Å²) in [6, 6.07) is 4.03. The zero-order valence-electron chi connectivity index (χ0n) is 14.7. The van der Waals surface area contributed by atoms with Gasteiger partial charge in [-0.1, -0.05) is 0 Å². The van der Waals surface area contributed by atoms with Crippen LogP contribution >= 0.6 is 11.5 Å². The molecule has 5 nitrogen and oxygen atoms in total. The molecule has 0 unspecified atom stereocenters. The van der Waals surface area contributed by atoms with Gasteiger partial charge < -0.3 is 5.32 Å². The zero-order valence-corrected chi connectivity index (χ0v) is 15.6. The molecule has 1 aliphatic rings. The number of anilines is 1. The molecule has 9 heteroatoms. The molecule has 1 amide bonds. The third kappa shape index (κ3) is 3.62.